The number of allylic oxidation sites excluding steroid dienone is 1. The monoisotopic (exact) mass is 472 g/mol. The number of hydrogen-bond acceptors (Lipinski definition) is 6. The Labute approximate surface area is 207 Å². The van der Waals surface area contributed by atoms with Crippen LogP contribution in [0.15, 0.2) is 86.0 Å². The highest BCUT2D eigenvalue weighted by Crippen LogP contribution is 2.34. The average molecular weight is 473 g/mol. The molecule has 8 heteroatoms. The highest BCUT2D eigenvalue weighted by atomic mass is 15.1. The molecule has 36 heavy (non-hydrogen) atoms. The number of aromatic nitrogens is 7. The summed E-state index contributed by atoms with van der Waals surface area (Å²) in [6.45, 7) is 6.22. The largest absolute Gasteiger partial charge is 0.358 e. The molecule has 0 atom stereocenters. The van der Waals surface area contributed by atoms with E-state index < -0.39 is 0 Å². The zero-order valence-electron chi connectivity index (χ0n) is 19.8. The molecule has 0 spiro atoms. The lowest BCUT2D eigenvalue weighted by Gasteiger charge is -2.09. The fraction of sp³-hybridized carbons (Fsp3) is 0.107. The summed E-state index contributed by atoms with van der Waals surface area (Å²) in [6, 6.07) is 10.2. The molecule has 0 saturated carbocycles. The number of anilines is 1. The SMILES string of the molecule is C=C(CCC)Nc1cncc(-c2cc3c(-c4cc5c(-c6cccnc6)cncc5[nH]4)n[nH]c3cn2)c1. The van der Waals surface area contributed by atoms with Crippen LogP contribution in [0.4, 0.5) is 5.69 Å². The van der Waals surface area contributed by atoms with Gasteiger partial charge in [-0.15, -0.1) is 0 Å². The number of rotatable bonds is 7. The van der Waals surface area contributed by atoms with E-state index in [1.165, 1.54) is 0 Å². The first-order chi connectivity index (χ1) is 17.7. The Morgan fingerprint density at radius 2 is 1.81 bits per heavy atom. The van der Waals surface area contributed by atoms with Gasteiger partial charge in [0.25, 0.3) is 0 Å². The smallest absolute Gasteiger partial charge is 0.116 e. The normalized spacial score (nSPS) is 11.2. The van der Waals surface area contributed by atoms with Crippen LogP contribution in [-0.2, 0) is 0 Å². The molecular formula is C28H24N8. The summed E-state index contributed by atoms with van der Waals surface area (Å²) in [6.07, 6.45) is 14.7. The highest BCUT2D eigenvalue weighted by Gasteiger charge is 2.15. The van der Waals surface area contributed by atoms with Gasteiger partial charge in [-0.3, -0.25) is 25.0 Å². The van der Waals surface area contributed by atoms with Crippen LogP contribution in [0.2, 0.25) is 0 Å². The maximum Gasteiger partial charge on any atom is 0.116 e. The first kappa shape index (κ1) is 21.7. The first-order valence-electron chi connectivity index (χ1n) is 11.8. The number of nitrogens with one attached hydrogen (secondary N) is 3. The molecule has 6 rings (SSSR count). The van der Waals surface area contributed by atoms with Crippen LogP contribution < -0.4 is 5.32 Å². The van der Waals surface area contributed by atoms with E-state index in [4.69, 9.17) is 0 Å². The summed E-state index contributed by atoms with van der Waals surface area (Å²) in [5.74, 6) is 0. The standard InChI is InChI=1S/C28H24N8/c1-3-5-17(2)33-20-8-19(12-30-13-20)24-10-22-27(16-32-24)35-36-28(22)25-9-21-23(14-31-15-26(21)34-25)18-6-4-7-29-11-18/h4,6-16,33-34H,2-3,5H2,1H3,(H,35,36). The number of hydrogen-bond donors (Lipinski definition) is 3. The van der Waals surface area contributed by atoms with Crippen molar-refractivity contribution in [2.45, 2.75) is 19.8 Å². The molecule has 6 aromatic heterocycles. The molecule has 0 radical (unpaired) electrons. The second-order valence-corrected chi connectivity index (χ2v) is 8.70. The zero-order valence-corrected chi connectivity index (χ0v) is 19.8. The van der Waals surface area contributed by atoms with Crippen molar-refractivity contribution in [3.05, 3.63) is 86.0 Å². The molecule has 0 unspecified atom stereocenters. The predicted molar refractivity (Wildman–Crippen MR) is 143 cm³/mol. The van der Waals surface area contributed by atoms with E-state index in [-0.39, 0.29) is 0 Å². The molecule has 0 aromatic carbocycles. The molecular weight excluding hydrogens is 448 g/mol. The molecule has 8 nitrogen and oxygen atoms in total. The van der Waals surface area contributed by atoms with Crippen molar-refractivity contribution >= 4 is 27.5 Å². The van der Waals surface area contributed by atoms with E-state index in [1.54, 1.807) is 12.4 Å². The van der Waals surface area contributed by atoms with E-state index in [0.29, 0.717) is 0 Å². The fourth-order valence-electron chi connectivity index (χ4n) is 4.43. The minimum atomic E-state index is 0.816. The van der Waals surface area contributed by atoms with Crippen LogP contribution in [0, 0.1) is 0 Å². The van der Waals surface area contributed by atoms with E-state index in [1.807, 2.05) is 55.2 Å². The topological polar surface area (TPSA) is 108 Å². The van der Waals surface area contributed by atoms with Crippen molar-refractivity contribution in [3.63, 3.8) is 0 Å². The van der Waals surface area contributed by atoms with Gasteiger partial charge in [-0.05, 0) is 30.7 Å². The Balaban J connectivity index is 1.40. The third-order valence-corrected chi connectivity index (χ3v) is 6.13. The van der Waals surface area contributed by atoms with Gasteiger partial charge >= 0.3 is 0 Å². The second kappa shape index (κ2) is 9.07. The van der Waals surface area contributed by atoms with Crippen LogP contribution in [0.3, 0.4) is 0 Å². The van der Waals surface area contributed by atoms with Crippen LogP contribution >= 0.6 is 0 Å². The summed E-state index contributed by atoms with van der Waals surface area (Å²) in [5, 5.41) is 13.1. The number of nitrogens with zero attached hydrogens (tertiary/aromatic N) is 5. The molecule has 6 heterocycles. The minimum Gasteiger partial charge on any atom is -0.358 e. The van der Waals surface area contributed by atoms with Gasteiger partial charge in [0.2, 0.25) is 0 Å². The molecule has 0 aliphatic rings. The van der Waals surface area contributed by atoms with Crippen LogP contribution in [0.5, 0.6) is 0 Å². The van der Waals surface area contributed by atoms with Gasteiger partial charge in [-0.1, -0.05) is 26.0 Å². The molecule has 3 N–H and O–H groups in total. The van der Waals surface area contributed by atoms with Crippen molar-refractivity contribution in [1.82, 2.24) is 35.1 Å². The Bertz CT molecular complexity index is 1700. The van der Waals surface area contributed by atoms with E-state index >= 15 is 0 Å². The third-order valence-electron chi connectivity index (χ3n) is 6.13. The van der Waals surface area contributed by atoms with Gasteiger partial charge < -0.3 is 10.3 Å². The first-order valence-corrected chi connectivity index (χ1v) is 11.8. The van der Waals surface area contributed by atoms with Crippen LogP contribution in [0.25, 0.3) is 55.6 Å². The second-order valence-electron chi connectivity index (χ2n) is 8.70. The van der Waals surface area contributed by atoms with Crippen molar-refractivity contribution in [2.75, 3.05) is 5.32 Å². The van der Waals surface area contributed by atoms with Gasteiger partial charge in [-0.25, -0.2) is 0 Å². The molecule has 0 aliphatic carbocycles. The molecule has 176 valence electrons. The summed E-state index contributed by atoms with van der Waals surface area (Å²) in [7, 11) is 0. The summed E-state index contributed by atoms with van der Waals surface area (Å²) >= 11 is 0. The van der Waals surface area contributed by atoms with Gasteiger partial charge in [0, 0.05) is 57.9 Å². The van der Waals surface area contributed by atoms with Gasteiger partial charge in [0.05, 0.1) is 46.7 Å². The predicted octanol–water partition coefficient (Wildman–Crippen LogP) is 6.35. The fourth-order valence-corrected chi connectivity index (χ4v) is 4.43. The van der Waals surface area contributed by atoms with Crippen molar-refractivity contribution in [2.24, 2.45) is 0 Å². The summed E-state index contributed by atoms with van der Waals surface area (Å²) < 4.78 is 0. The van der Waals surface area contributed by atoms with E-state index in [2.05, 4.69) is 60.0 Å². The molecule has 0 saturated heterocycles. The average Bonchev–Trinajstić information content (AvgIpc) is 3.53. The third kappa shape index (κ3) is 3.98. The number of aromatic amines is 2. The number of H-pyrrole nitrogens is 2. The van der Waals surface area contributed by atoms with E-state index in [0.717, 1.165) is 79.8 Å². The van der Waals surface area contributed by atoms with Crippen LogP contribution in [0.1, 0.15) is 19.8 Å². The van der Waals surface area contributed by atoms with Gasteiger partial charge in [0.15, 0.2) is 0 Å². The van der Waals surface area contributed by atoms with E-state index in [9.17, 15) is 0 Å². The maximum absolute atomic E-state index is 4.65. The summed E-state index contributed by atoms with van der Waals surface area (Å²) in [4.78, 5) is 21.2. The molecule has 0 bridgehead atoms. The zero-order chi connectivity index (χ0) is 24.5. The summed E-state index contributed by atoms with van der Waals surface area (Å²) in [5.41, 5.74) is 9.14. The van der Waals surface area contributed by atoms with Gasteiger partial charge in [-0.2, -0.15) is 5.10 Å². The molecule has 0 fully saturated rings. The molecule has 0 aliphatic heterocycles. The Morgan fingerprint density at radius 3 is 2.67 bits per heavy atom. The maximum atomic E-state index is 4.65. The Morgan fingerprint density at radius 1 is 0.917 bits per heavy atom. The minimum absolute atomic E-state index is 0.816. The number of pyridine rings is 4. The lowest BCUT2D eigenvalue weighted by Crippen LogP contribution is -1.98. The molecule has 0 amide bonds. The highest BCUT2D eigenvalue weighted by molar-refractivity contribution is 6.01. The number of fused-ring (bicyclic) bond motifs is 2. The lowest BCUT2D eigenvalue weighted by molar-refractivity contribution is 0.913. The van der Waals surface area contributed by atoms with Crippen molar-refractivity contribution in [3.8, 4) is 33.8 Å². The van der Waals surface area contributed by atoms with Crippen LogP contribution in [-0.4, -0.2) is 35.1 Å². The quantitative estimate of drug-likeness (QED) is 0.250. The Hall–Kier alpha value is -4.85. The molecule has 6 aromatic rings. The lowest BCUT2D eigenvalue weighted by atomic mass is 10.1. The van der Waals surface area contributed by atoms with Gasteiger partial charge in [0.1, 0.15) is 5.69 Å². The Kier molecular flexibility index (Phi) is 5.46. The van der Waals surface area contributed by atoms with Crippen molar-refractivity contribution < 1.29 is 0 Å². The van der Waals surface area contributed by atoms with Crippen molar-refractivity contribution in [1.29, 1.82) is 0 Å².